The lowest BCUT2D eigenvalue weighted by Crippen LogP contribution is -2.04. The molecule has 2 rings (SSSR count). The topological polar surface area (TPSA) is 20.2 Å². The summed E-state index contributed by atoms with van der Waals surface area (Å²) in [6.07, 6.45) is 6.38. The van der Waals surface area contributed by atoms with Crippen LogP contribution in [0.4, 0.5) is 0 Å². The number of rotatable bonds is 2. The van der Waals surface area contributed by atoms with Crippen molar-refractivity contribution in [3.05, 3.63) is 45.4 Å². The molecule has 0 saturated carbocycles. The molecule has 0 bridgehead atoms. The molecule has 86 valence electrons. The van der Waals surface area contributed by atoms with Crippen LogP contribution in [0.1, 0.15) is 42.9 Å². The molecule has 0 aliphatic heterocycles. The first-order valence-corrected chi connectivity index (χ1v) is 6.61. The standard InChI is InChI=1S/C14H17BrO/c1-10-7-8-12(9-13(10)15)14(16)11-5-3-2-4-6-11/h5,7-9,14,16H,2-4,6H2,1H3. The van der Waals surface area contributed by atoms with E-state index in [0.29, 0.717) is 0 Å². The number of allylic oxidation sites excluding steroid dienone is 1. The number of aryl methyl sites for hydroxylation is 1. The Balaban J connectivity index is 2.22. The molecule has 0 amide bonds. The minimum absolute atomic E-state index is 0.419. The average molecular weight is 281 g/mol. The fraction of sp³-hybridized carbons (Fsp3) is 0.429. The van der Waals surface area contributed by atoms with Gasteiger partial charge in [-0.3, -0.25) is 0 Å². The Morgan fingerprint density at radius 3 is 2.75 bits per heavy atom. The molecule has 1 nitrogen and oxygen atoms in total. The molecule has 0 aromatic heterocycles. The van der Waals surface area contributed by atoms with Crippen LogP contribution < -0.4 is 0 Å². The van der Waals surface area contributed by atoms with Gasteiger partial charge in [-0.15, -0.1) is 0 Å². The molecule has 0 heterocycles. The van der Waals surface area contributed by atoms with Crippen molar-refractivity contribution in [3.8, 4) is 0 Å². The maximum atomic E-state index is 10.3. The molecule has 1 aliphatic rings. The van der Waals surface area contributed by atoms with Gasteiger partial charge in [-0.1, -0.05) is 34.1 Å². The van der Waals surface area contributed by atoms with Gasteiger partial charge >= 0.3 is 0 Å². The lowest BCUT2D eigenvalue weighted by Gasteiger charge is -2.19. The summed E-state index contributed by atoms with van der Waals surface area (Å²) in [6.45, 7) is 2.06. The van der Waals surface area contributed by atoms with E-state index in [9.17, 15) is 5.11 Å². The van der Waals surface area contributed by atoms with E-state index in [1.807, 2.05) is 18.2 Å². The third-order valence-corrected chi connectivity index (χ3v) is 4.04. The molecule has 0 radical (unpaired) electrons. The largest absolute Gasteiger partial charge is 0.384 e. The maximum absolute atomic E-state index is 10.3. The molecule has 1 N–H and O–H groups in total. The van der Waals surface area contributed by atoms with Crippen molar-refractivity contribution in [2.75, 3.05) is 0 Å². The van der Waals surface area contributed by atoms with Crippen molar-refractivity contribution in [1.82, 2.24) is 0 Å². The normalized spacial score (nSPS) is 18.1. The molecule has 1 atom stereocenters. The van der Waals surface area contributed by atoms with Gasteiger partial charge in [0.15, 0.2) is 0 Å². The molecule has 0 saturated heterocycles. The molecular weight excluding hydrogens is 264 g/mol. The zero-order valence-electron chi connectivity index (χ0n) is 9.54. The summed E-state index contributed by atoms with van der Waals surface area (Å²) in [4.78, 5) is 0. The molecule has 1 aromatic rings. The Labute approximate surface area is 105 Å². The van der Waals surface area contributed by atoms with Gasteiger partial charge in [-0.05, 0) is 55.4 Å². The first-order valence-electron chi connectivity index (χ1n) is 5.81. The second kappa shape index (κ2) is 5.15. The molecule has 2 heteroatoms. The van der Waals surface area contributed by atoms with Gasteiger partial charge < -0.3 is 5.11 Å². The predicted octanol–water partition coefficient (Wildman–Crippen LogP) is 4.29. The summed E-state index contributed by atoms with van der Waals surface area (Å²) in [5.41, 5.74) is 3.38. The molecule has 1 unspecified atom stereocenters. The van der Waals surface area contributed by atoms with Gasteiger partial charge in [0, 0.05) is 4.47 Å². The van der Waals surface area contributed by atoms with Crippen molar-refractivity contribution in [2.24, 2.45) is 0 Å². The summed E-state index contributed by atoms with van der Waals surface area (Å²) < 4.78 is 1.07. The summed E-state index contributed by atoms with van der Waals surface area (Å²) in [5, 5.41) is 10.3. The monoisotopic (exact) mass is 280 g/mol. The fourth-order valence-corrected chi connectivity index (χ4v) is 2.50. The number of hydrogen-bond acceptors (Lipinski definition) is 1. The third-order valence-electron chi connectivity index (χ3n) is 3.19. The molecule has 1 aliphatic carbocycles. The first kappa shape index (κ1) is 11.9. The molecular formula is C14H17BrO. The summed E-state index contributed by atoms with van der Waals surface area (Å²) in [5.74, 6) is 0. The SMILES string of the molecule is Cc1ccc(C(O)C2=CCCCC2)cc1Br. The average Bonchev–Trinajstić information content (AvgIpc) is 2.33. The lowest BCUT2D eigenvalue weighted by molar-refractivity contribution is 0.208. The van der Waals surface area contributed by atoms with E-state index in [4.69, 9.17) is 0 Å². The second-order valence-corrected chi connectivity index (χ2v) is 5.29. The van der Waals surface area contributed by atoms with E-state index in [2.05, 4.69) is 28.9 Å². The number of halogens is 1. The third kappa shape index (κ3) is 2.55. The van der Waals surface area contributed by atoms with Crippen LogP contribution in [-0.4, -0.2) is 5.11 Å². The van der Waals surface area contributed by atoms with E-state index in [1.165, 1.54) is 24.0 Å². The minimum Gasteiger partial charge on any atom is -0.384 e. The zero-order chi connectivity index (χ0) is 11.5. The number of hydrogen-bond donors (Lipinski definition) is 1. The van der Waals surface area contributed by atoms with E-state index in [-0.39, 0.29) is 0 Å². The highest BCUT2D eigenvalue weighted by Crippen LogP contribution is 2.31. The van der Waals surface area contributed by atoms with Crippen molar-refractivity contribution in [1.29, 1.82) is 0 Å². The van der Waals surface area contributed by atoms with Crippen LogP contribution in [-0.2, 0) is 0 Å². The summed E-state index contributed by atoms with van der Waals surface area (Å²) in [6, 6.07) is 6.08. The number of aliphatic hydroxyl groups excluding tert-OH is 1. The Morgan fingerprint density at radius 1 is 1.31 bits per heavy atom. The Morgan fingerprint density at radius 2 is 2.12 bits per heavy atom. The van der Waals surface area contributed by atoms with Crippen molar-refractivity contribution in [3.63, 3.8) is 0 Å². The Bertz CT molecular complexity index is 409. The van der Waals surface area contributed by atoms with Crippen LogP contribution in [0.5, 0.6) is 0 Å². The van der Waals surface area contributed by atoms with Crippen LogP contribution in [0.15, 0.2) is 34.3 Å². The van der Waals surface area contributed by atoms with E-state index in [1.54, 1.807) is 0 Å². The van der Waals surface area contributed by atoms with E-state index >= 15 is 0 Å². The van der Waals surface area contributed by atoms with E-state index in [0.717, 1.165) is 22.9 Å². The van der Waals surface area contributed by atoms with Gasteiger partial charge in [0.25, 0.3) is 0 Å². The quantitative estimate of drug-likeness (QED) is 0.802. The molecule has 1 aromatic carbocycles. The summed E-state index contributed by atoms with van der Waals surface area (Å²) >= 11 is 3.51. The van der Waals surface area contributed by atoms with Crippen LogP contribution in [0.25, 0.3) is 0 Å². The highest BCUT2D eigenvalue weighted by atomic mass is 79.9. The second-order valence-electron chi connectivity index (χ2n) is 4.44. The number of aliphatic hydroxyl groups is 1. The Kier molecular flexibility index (Phi) is 3.82. The van der Waals surface area contributed by atoms with Crippen LogP contribution in [0.2, 0.25) is 0 Å². The van der Waals surface area contributed by atoms with Crippen molar-refractivity contribution in [2.45, 2.75) is 38.7 Å². The molecule has 0 spiro atoms. The van der Waals surface area contributed by atoms with Gasteiger partial charge in [0.05, 0.1) is 0 Å². The highest BCUT2D eigenvalue weighted by Gasteiger charge is 2.15. The van der Waals surface area contributed by atoms with Crippen LogP contribution in [0.3, 0.4) is 0 Å². The lowest BCUT2D eigenvalue weighted by atomic mass is 9.91. The van der Waals surface area contributed by atoms with Crippen molar-refractivity contribution < 1.29 is 5.11 Å². The van der Waals surface area contributed by atoms with E-state index < -0.39 is 6.10 Å². The minimum atomic E-state index is -0.419. The smallest absolute Gasteiger partial charge is 0.100 e. The highest BCUT2D eigenvalue weighted by molar-refractivity contribution is 9.10. The summed E-state index contributed by atoms with van der Waals surface area (Å²) in [7, 11) is 0. The predicted molar refractivity (Wildman–Crippen MR) is 70.4 cm³/mol. The number of benzene rings is 1. The zero-order valence-corrected chi connectivity index (χ0v) is 11.1. The van der Waals surface area contributed by atoms with Crippen LogP contribution >= 0.6 is 15.9 Å². The van der Waals surface area contributed by atoms with Gasteiger partial charge in [0.1, 0.15) is 6.10 Å². The molecule has 16 heavy (non-hydrogen) atoms. The van der Waals surface area contributed by atoms with Gasteiger partial charge in [-0.25, -0.2) is 0 Å². The molecule has 0 fully saturated rings. The maximum Gasteiger partial charge on any atom is 0.100 e. The van der Waals surface area contributed by atoms with Crippen molar-refractivity contribution >= 4 is 15.9 Å². The van der Waals surface area contributed by atoms with Gasteiger partial charge in [-0.2, -0.15) is 0 Å². The Hall–Kier alpha value is -0.600. The van der Waals surface area contributed by atoms with Crippen LogP contribution in [0, 0.1) is 6.92 Å². The fourth-order valence-electron chi connectivity index (χ4n) is 2.10. The first-order chi connectivity index (χ1) is 7.68. The van der Waals surface area contributed by atoms with Gasteiger partial charge in [0.2, 0.25) is 0 Å².